The molecule has 1 aliphatic rings. The normalized spacial score (nSPS) is 33.0. The SMILES string of the molecule is COC(C)(C)CCC1CC(C)CCC1Cl. The highest BCUT2D eigenvalue weighted by Crippen LogP contribution is 2.36. The van der Waals surface area contributed by atoms with E-state index in [9.17, 15) is 0 Å². The van der Waals surface area contributed by atoms with Gasteiger partial charge in [0.1, 0.15) is 0 Å². The summed E-state index contributed by atoms with van der Waals surface area (Å²) in [7, 11) is 1.79. The molecule has 0 aliphatic heterocycles. The van der Waals surface area contributed by atoms with E-state index in [4.69, 9.17) is 16.3 Å². The van der Waals surface area contributed by atoms with Crippen LogP contribution in [0, 0.1) is 11.8 Å². The largest absolute Gasteiger partial charge is 0.379 e. The van der Waals surface area contributed by atoms with Gasteiger partial charge >= 0.3 is 0 Å². The van der Waals surface area contributed by atoms with Crippen molar-refractivity contribution in [2.75, 3.05) is 7.11 Å². The molecule has 3 atom stereocenters. The Morgan fingerprint density at radius 1 is 1.33 bits per heavy atom. The van der Waals surface area contributed by atoms with Gasteiger partial charge in [-0.25, -0.2) is 0 Å². The summed E-state index contributed by atoms with van der Waals surface area (Å²) in [5.74, 6) is 1.56. The molecule has 0 saturated heterocycles. The third-order valence-corrected chi connectivity index (χ3v) is 4.40. The summed E-state index contributed by atoms with van der Waals surface area (Å²) in [6, 6.07) is 0. The fourth-order valence-corrected chi connectivity index (χ4v) is 2.75. The summed E-state index contributed by atoms with van der Waals surface area (Å²) in [6.07, 6.45) is 6.12. The van der Waals surface area contributed by atoms with Gasteiger partial charge in [-0.15, -0.1) is 11.6 Å². The second-order valence-corrected chi connectivity index (χ2v) is 6.26. The van der Waals surface area contributed by atoms with Crippen LogP contribution in [0.25, 0.3) is 0 Å². The molecule has 1 fully saturated rings. The van der Waals surface area contributed by atoms with Crippen molar-refractivity contribution in [2.24, 2.45) is 11.8 Å². The van der Waals surface area contributed by atoms with E-state index in [1.165, 1.54) is 25.7 Å². The molecule has 2 heteroatoms. The summed E-state index contributed by atoms with van der Waals surface area (Å²) < 4.78 is 5.45. The van der Waals surface area contributed by atoms with E-state index in [1.807, 2.05) is 0 Å². The van der Waals surface area contributed by atoms with E-state index >= 15 is 0 Å². The highest BCUT2D eigenvalue weighted by molar-refractivity contribution is 6.20. The second-order valence-electron chi connectivity index (χ2n) is 5.70. The summed E-state index contributed by atoms with van der Waals surface area (Å²) in [6.45, 7) is 6.65. The molecule has 0 N–H and O–H groups in total. The fraction of sp³-hybridized carbons (Fsp3) is 1.00. The Hall–Kier alpha value is 0.250. The minimum absolute atomic E-state index is 0.0112. The molecule has 0 aromatic carbocycles. The van der Waals surface area contributed by atoms with Gasteiger partial charge in [-0.05, 0) is 57.8 Å². The first-order chi connectivity index (χ1) is 6.94. The van der Waals surface area contributed by atoms with Gasteiger partial charge in [0.05, 0.1) is 5.60 Å². The fourth-order valence-electron chi connectivity index (χ4n) is 2.40. The Morgan fingerprint density at radius 3 is 2.60 bits per heavy atom. The Balaban J connectivity index is 2.36. The van der Waals surface area contributed by atoms with Crippen molar-refractivity contribution < 1.29 is 4.74 Å². The van der Waals surface area contributed by atoms with E-state index in [0.29, 0.717) is 11.3 Å². The van der Waals surface area contributed by atoms with Crippen LogP contribution in [0.4, 0.5) is 0 Å². The molecular formula is C13H25ClO. The predicted octanol–water partition coefficient (Wildman–Crippen LogP) is 4.24. The van der Waals surface area contributed by atoms with Crippen LogP contribution in [0.15, 0.2) is 0 Å². The van der Waals surface area contributed by atoms with Gasteiger partial charge in [0, 0.05) is 12.5 Å². The van der Waals surface area contributed by atoms with Crippen LogP contribution in [-0.4, -0.2) is 18.1 Å². The first-order valence-corrected chi connectivity index (χ1v) is 6.57. The minimum atomic E-state index is 0.0112. The first-order valence-electron chi connectivity index (χ1n) is 6.14. The lowest BCUT2D eigenvalue weighted by atomic mass is 9.78. The summed E-state index contributed by atoms with van der Waals surface area (Å²) in [4.78, 5) is 0. The lowest BCUT2D eigenvalue weighted by molar-refractivity contribution is 0.00852. The van der Waals surface area contributed by atoms with Crippen LogP contribution in [0.2, 0.25) is 0 Å². The molecule has 1 saturated carbocycles. The number of alkyl halides is 1. The first kappa shape index (κ1) is 13.3. The standard InChI is InChI=1S/C13H25ClO/c1-10-5-6-12(14)11(9-10)7-8-13(2,3)15-4/h10-12H,5-9H2,1-4H3. The molecule has 1 rings (SSSR count). The Kier molecular flexibility index (Phi) is 4.92. The van der Waals surface area contributed by atoms with Crippen molar-refractivity contribution in [3.05, 3.63) is 0 Å². The van der Waals surface area contributed by atoms with Gasteiger partial charge < -0.3 is 4.74 Å². The van der Waals surface area contributed by atoms with Gasteiger partial charge in [-0.3, -0.25) is 0 Å². The molecular weight excluding hydrogens is 208 g/mol. The molecule has 1 nitrogen and oxygen atoms in total. The Bertz CT molecular complexity index is 191. The van der Waals surface area contributed by atoms with E-state index < -0.39 is 0 Å². The van der Waals surface area contributed by atoms with E-state index in [1.54, 1.807) is 7.11 Å². The van der Waals surface area contributed by atoms with Crippen molar-refractivity contribution in [3.8, 4) is 0 Å². The molecule has 0 amide bonds. The lowest BCUT2D eigenvalue weighted by Crippen LogP contribution is -2.28. The third-order valence-electron chi connectivity index (χ3n) is 3.82. The molecule has 3 unspecified atom stereocenters. The lowest BCUT2D eigenvalue weighted by Gasteiger charge is -2.33. The smallest absolute Gasteiger partial charge is 0.0622 e. The summed E-state index contributed by atoms with van der Waals surface area (Å²) >= 11 is 6.38. The van der Waals surface area contributed by atoms with Crippen molar-refractivity contribution >= 4 is 11.6 Å². The van der Waals surface area contributed by atoms with Crippen LogP contribution in [0.1, 0.15) is 52.9 Å². The molecule has 0 heterocycles. The monoisotopic (exact) mass is 232 g/mol. The Labute approximate surface area is 99.5 Å². The maximum Gasteiger partial charge on any atom is 0.0622 e. The van der Waals surface area contributed by atoms with E-state index in [0.717, 1.165) is 12.3 Å². The topological polar surface area (TPSA) is 9.23 Å². The quantitative estimate of drug-likeness (QED) is 0.659. The zero-order chi connectivity index (χ0) is 11.5. The third kappa shape index (κ3) is 4.32. The maximum atomic E-state index is 6.38. The molecule has 0 radical (unpaired) electrons. The maximum absolute atomic E-state index is 6.38. The number of rotatable bonds is 4. The average Bonchev–Trinajstić information content (AvgIpc) is 2.20. The van der Waals surface area contributed by atoms with E-state index in [2.05, 4.69) is 20.8 Å². The van der Waals surface area contributed by atoms with Gasteiger partial charge in [-0.2, -0.15) is 0 Å². The van der Waals surface area contributed by atoms with Crippen molar-refractivity contribution in [3.63, 3.8) is 0 Å². The van der Waals surface area contributed by atoms with Crippen LogP contribution in [0.3, 0.4) is 0 Å². The molecule has 0 bridgehead atoms. The summed E-state index contributed by atoms with van der Waals surface area (Å²) in [5.41, 5.74) is 0.0112. The zero-order valence-corrected chi connectivity index (χ0v) is 11.3. The van der Waals surface area contributed by atoms with Gasteiger partial charge in [0.2, 0.25) is 0 Å². The molecule has 0 aromatic heterocycles. The Morgan fingerprint density at radius 2 is 2.00 bits per heavy atom. The van der Waals surface area contributed by atoms with Crippen molar-refractivity contribution in [1.82, 2.24) is 0 Å². The molecule has 15 heavy (non-hydrogen) atoms. The van der Waals surface area contributed by atoms with E-state index in [-0.39, 0.29) is 5.60 Å². The number of methoxy groups -OCH3 is 1. The number of ether oxygens (including phenoxy) is 1. The number of hydrogen-bond donors (Lipinski definition) is 0. The number of hydrogen-bond acceptors (Lipinski definition) is 1. The number of halogens is 1. The molecule has 0 aromatic rings. The highest BCUT2D eigenvalue weighted by atomic mass is 35.5. The van der Waals surface area contributed by atoms with Crippen LogP contribution >= 0.6 is 11.6 Å². The van der Waals surface area contributed by atoms with Crippen LogP contribution < -0.4 is 0 Å². The molecule has 1 aliphatic carbocycles. The van der Waals surface area contributed by atoms with Crippen molar-refractivity contribution in [2.45, 2.75) is 63.9 Å². The van der Waals surface area contributed by atoms with Gasteiger partial charge in [-0.1, -0.05) is 6.92 Å². The summed E-state index contributed by atoms with van der Waals surface area (Å²) in [5, 5.41) is 0.397. The van der Waals surface area contributed by atoms with Crippen LogP contribution in [-0.2, 0) is 4.74 Å². The second kappa shape index (κ2) is 5.54. The zero-order valence-electron chi connectivity index (χ0n) is 10.6. The van der Waals surface area contributed by atoms with Gasteiger partial charge in [0.15, 0.2) is 0 Å². The predicted molar refractivity (Wildman–Crippen MR) is 66.5 cm³/mol. The molecule has 90 valence electrons. The molecule has 0 spiro atoms. The van der Waals surface area contributed by atoms with Gasteiger partial charge in [0.25, 0.3) is 0 Å². The highest BCUT2D eigenvalue weighted by Gasteiger charge is 2.28. The van der Waals surface area contributed by atoms with Crippen molar-refractivity contribution in [1.29, 1.82) is 0 Å². The minimum Gasteiger partial charge on any atom is -0.379 e. The average molecular weight is 233 g/mol. The van der Waals surface area contributed by atoms with Crippen LogP contribution in [0.5, 0.6) is 0 Å².